The fourth-order valence-corrected chi connectivity index (χ4v) is 3.40. The summed E-state index contributed by atoms with van der Waals surface area (Å²) >= 11 is 0. The van der Waals surface area contributed by atoms with Crippen LogP contribution in [0.1, 0.15) is 57.3 Å². The van der Waals surface area contributed by atoms with Gasteiger partial charge in [-0.05, 0) is 56.0 Å². The zero-order chi connectivity index (χ0) is 16.8. The molecule has 0 aromatic heterocycles. The van der Waals surface area contributed by atoms with E-state index in [-0.39, 0.29) is 5.91 Å². The molecule has 1 aromatic rings. The first kappa shape index (κ1) is 18.0. The first-order valence-electron chi connectivity index (χ1n) is 8.88. The first-order valence-corrected chi connectivity index (χ1v) is 8.88. The largest absolute Gasteiger partial charge is 0.388 e. The molecule has 1 aliphatic heterocycles. The molecule has 0 saturated heterocycles. The van der Waals surface area contributed by atoms with Crippen molar-refractivity contribution in [1.82, 2.24) is 4.90 Å². The van der Waals surface area contributed by atoms with Crippen molar-refractivity contribution >= 4 is 11.6 Å². The number of amides is 1. The van der Waals surface area contributed by atoms with E-state index >= 15 is 0 Å². The van der Waals surface area contributed by atoms with Gasteiger partial charge in [-0.25, -0.2) is 0 Å². The quantitative estimate of drug-likeness (QED) is 0.801. The van der Waals surface area contributed by atoms with E-state index in [0.29, 0.717) is 0 Å². The molecule has 1 amide bonds. The molecule has 0 aliphatic carbocycles. The van der Waals surface area contributed by atoms with Gasteiger partial charge in [-0.3, -0.25) is 4.79 Å². The molecule has 0 bridgehead atoms. The van der Waals surface area contributed by atoms with E-state index in [0.717, 1.165) is 63.1 Å². The summed E-state index contributed by atoms with van der Waals surface area (Å²) in [6.45, 7) is 9.87. The number of benzene rings is 1. The normalized spacial score (nSPS) is 15.1. The van der Waals surface area contributed by atoms with Gasteiger partial charge in [0.15, 0.2) is 0 Å². The lowest BCUT2D eigenvalue weighted by Gasteiger charge is -2.23. The molecule has 128 valence electrons. The predicted molar refractivity (Wildman–Crippen MR) is 94.8 cm³/mol. The molecule has 23 heavy (non-hydrogen) atoms. The van der Waals surface area contributed by atoms with E-state index in [4.69, 9.17) is 0 Å². The Kier molecular flexibility index (Phi) is 6.60. The number of fused-ring (bicyclic) bond motifs is 1. The van der Waals surface area contributed by atoms with Crippen LogP contribution in [-0.2, 0) is 11.2 Å². The minimum absolute atomic E-state index is 0.0896. The monoisotopic (exact) mass is 318 g/mol. The first-order chi connectivity index (χ1) is 11.1. The zero-order valence-electron chi connectivity index (χ0n) is 14.7. The van der Waals surface area contributed by atoms with Crippen LogP contribution >= 0.6 is 0 Å². The van der Waals surface area contributed by atoms with Gasteiger partial charge in [0.1, 0.15) is 0 Å². The highest BCUT2D eigenvalue weighted by atomic mass is 16.3. The highest BCUT2D eigenvalue weighted by Gasteiger charge is 2.23. The van der Waals surface area contributed by atoms with Crippen molar-refractivity contribution < 1.29 is 9.90 Å². The van der Waals surface area contributed by atoms with Gasteiger partial charge in [-0.2, -0.15) is 0 Å². The smallest absolute Gasteiger partial charge is 0.223 e. The van der Waals surface area contributed by atoms with Crippen LogP contribution in [0, 0.1) is 0 Å². The number of anilines is 1. The zero-order valence-corrected chi connectivity index (χ0v) is 14.7. The van der Waals surface area contributed by atoms with Crippen LogP contribution < -0.4 is 4.90 Å². The summed E-state index contributed by atoms with van der Waals surface area (Å²) in [6, 6.07) is 6.03. The average Bonchev–Trinajstić information content (AvgIpc) is 2.96. The average molecular weight is 318 g/mol. The fraction of sp³-hybridized carbons (Fsp3) is 0.632. The summed E-state index contributed by atoms with van der Waals surface area (Å²) in [4.78, 5) is 15.8. The minimum atomic E-state index is -0.428. The summed E-state index contributed by atoms with van der Waals surface area (Å²) in [5, 5.41) is 10.5. The number of aliphatic hydroxyl groups excluding tert-OH is 1. The van der Waals surface area contributed by atoms with Gasteiger partial charge in [0, 0.05) is 25.7 Å². The van der Waals surface area contributed by atoms with Gasteiger partial charge in [-0.15, -0.1) is 0 Å². The van der Waals surface area contributed by atoms with Crippen LogP contribution in [0.2, 0.25) is 0 Å². The Morgan fingerprint density at radius 3 is 2.57 bits per heavy atom. The van der Waals surface area contributed by atoms with E-state index in [1.807, 2.05) is 17.0 Å². The van der Waals surface area contributed by atoms with Crippen molar-refractivity contribution in [3.63, 3.8) is 0 Å². The van der Waals surface area contributed by atoms with Crippen LogP contribution in [0.25, 0.3) is 0 Å². The maximum absolute atomic E-state index is 11.6. The van der Waals surface area contributed by atoms with Crippen molar-refractivity contribution in [3.05, 3.63) is 29.3 Å². The molecule has 1 N–H and O–H groups in total. The summed E-state index contributed by atoms with van der Waals surface area (Å²) < 4.78 is 0. The van der Waals surface area contributed by atoms with Crippen molar-refractivity contribution in [2.75, 3.05) is 31.1 Å². The van der Waals surface area contributed by atoms with Gasteiger partial charge in [-0.1, -0.05) is 26.0 Å². The number of nitrogens with zero attached hydrogens (tertiary/aromatic N) is 2. The third kappa shape index (κ3) is 4.55. The molecular formula is C19H30N2O2. The summed E-state index contributed by atoms with van der Waals surface area (Å²) in [7, 11) is 0. The lowest BCUT2D eigenvalue weighted by Crippen LogP contribution is -2.27. The maximum Gasteiger partial charge on any atom is 0.223 e. The summed E-state index contributed by atoms with van der Waals surface area (Å²) in [5.74, 6) is 0.0896. The Balaban J connectivity index is 1.98. The number of aliphatic hydroxyl groups is 1. The third-order valence-corrected chi connectivity index (χ3v) is 4.56. The lowest BCUT2D eigenvalue weighted by molar-refractivity contribution is -0.116. The van der Waals surface area contributed by atoms with Gasteiger partial charge >= 0.3 is 0 Å². The van der Waals surface area contributed by atoms with Gasteiger partial charge in [0.05, 0.1) is 6.10 Å². The Labute approximate surface area is 140 Å². The molecule has 0 saturated carbocycles. The Morgan fingerprint density at radius 2 is 1.96 bits per heavy atom. The molecule has 1 aliphatic rings. The van der Waals surface area contributed by atoms with Gasteiger partial charge in [0.25, 0.3) is 0 Å². The van der Waals surface area contributed by atoms with E-state index in [2.05, 4.69) is 24.8 Å². The van der Waals surface area contributed by atoms with Crippen molar-refractivity contribution in [2.45, 2.75) is 52.6 Å². The number of rotatable bonds is 8. The highest BCUT2D eigenvalue weighted by molar-refractivity contribution is 5.93. The Bertz CT molecular complexity index is 524. The highest BCUT2D eigenvalue weighted by Crippen LogP contribution is 2.31. The predicted octanol–water partition coefficient (Wildman–Crippen LogP) is 3.14. The van der Waals surface area contributed by atoms with Crippen LogP contribution in [0.4, 0.5) is 5.69 Å². The van der Waals surface area contributed by atoms with Crippen LogP contribution in [0.5, 0.6) is 0 Å². The molecule has 1 unspecified atom stereocenters. The van der Waals surface area contributed by atoms with Crippen LogP contribution in [-0.4, -0.2) is 42.1 Å². The van der Waals surface area contributed by atoms with Crippen molar-refractivity contribution in [1.29, 1.82) is 0 Å². The number of hydrogen-bond donors (Lipinski definition) is 1. The fourth-order valence-electron chi connectivity index (χ4n) is 3.40. The topological polar surface area (TPSA) is 43.8 Å². The van der Waals surface area contributed by atoms with Gasteiger partial charge in [0.2, 0.25) is 5.91 Å². The Morgan fingerprint density at radius 1 is 1.26 bits per heavy atom. The molecule has 0 radical (unpaired) electrons. The van der Waals surface area contributed by atoms with E-state index in [9.17, 15) is 9.90 Å². The minimum Gasteiger partial charge on any atom is -0.388 e. The van der Waals surface area contributed by atoms with Crippen molar-refractivity contribution in [2.24, 2.45) is 0 Å². The van der Waals surface area contributed by atoms with E-state index in [1.165, 1.54) is 5.56 Å². The molecule has 0 spiro atoms. The molecule has 2 rings (SSSR count). The second-order valence-corrected chi connectivity index (χ2v) is 6.45. The molecule has 1 aromatic carbocycles. The van der Waals surface area contributed by atoms with Crippen LogP contribution in [0.3, 0.4) is 0 Å². The standard InChI is InChI=1S/C19H30N2O2/c1-4-10-20(11-5-2)12-9-19(23)17-6-7-18-16(14-17)8-13-21(18)15(3)22/h6-7,14,19,23H,4-5,8-13H2,1-3H3. The van der Waals surface area contributed by atoms with Crippen molar-refractivity contribution in [3.8, 4) is 0 Å². The second-order valence-electron chi connectivity index (χ2n) is 6.45. The van der Waals surface area contributed by atoms with Gasteiger partial charge < -0.3 is 14.9 Å². The third-order valence-electron chi connectivity index (χ3n) is 4.56. The van der Waals surface area contributed by atoms with E-state index in [1.54, 1.807) is 6.92 Å². The number of carbonyl (C=O) groups excluding carboxylic acids is 1. The SMILES string of the molecule is CCCN(CCC)CCC(O)c1ccc2c(c1)CCN2C(C)=O. The molecule has 1 atom stereocenters. The summed E-state index contributed by atoms with van der Waals surface area (Å²) in [5.41, 5.74) is 3.16. The maximum atomic E-state index is 11.6. The lowest BCUT2D eigenvalue weighted by atomic mass is 10.0. The molecule has 0 fully saturated rings. The summed E-state index contributed by atoms with van der Waals surface area (Å²) in [6.07, 6.45) is 3.51. The van der Waals surface area contributed by atoms with E-state index < -0.39 is 6.10 Å². The molecular weight excluding hydrogens is 288 g/mol. The molecule has 4 nitrogen and oxygen atoms in total. The molecule has 1 heterocycles. The second kappa shape index (κ2) is 8.46. The van der Waals surface area contributed by atoms with Crippen LogP contribution in [0.15, 0.2) is 18.2 Å². The Hall–Kier alpha value is -1.39. The number of hydrogen-bond acceptors (Lipinski definition) is 3. The molecule has 4 heteroatoms. The number of carbonyl (C=O) groups is 1.